The summed E-state index contributed by atoms with van der Waals surface area (Å²) in [7, 11) is 0. The number of hydrogen-bond acceptors (Lipinski definition) is 3. The van der Waals surface area contributed by atoms with Crippen LogP contribution < -0.4 is 5.73 Å². The Bertz CT molecular complexity index is 287. The van der Waals surface area contributed by atoms with Gasteiger partial charge in [0.25, 0.3) is 0 Å². The third kappa shape index (κ3) is 3.30. The molecule has 0 fully saturated rings. The second-order valence-electron chi connectivity index (χ2n) is 4.22. The minimum Gasteiger partial charge on any atom is -0.395 e. The van der Waals surface area contributed by atoms with Gasteiger partial charge in [-0.05, 0) is 19.4 Å². The SMILES string of the molecule is CC(C)N(CCO)C(CN)c1ccccc1. The summed E-state index contributed by atoms with van der Waals surface area (Å²) < 4.78 is 0. The standard InChI is InChI=1S/C13H22N2O/c1-11(2)15(8-9-16)13(10-14)12-6-4-3-5-7-12/h3-7,11,13,16H,8-10,14H2,1-2H3. The van der Waals surface area contributed by atoms with Crippen molar-refractivity contribution in [3.8, 4) is 0 Å². The topological polar surface area (TPSA) is 49.5 Å². The summed E-state index contributed by atoms with van der Waals surface area (Å²) >= 11 is 0. The second-order valence-corrected chi connectivity index (χ2v) is 4.22. The maximum absolute atomic E-state index is 9.09. The van der Waals surface area contributed by atoms with Crippen LogP contribution in [0, 0.1) is 0 Å². The highest BCUT2D eigenvalue weighted by Gasteiger charge is 2.20. The number of hydrogen-bond donors (Lipinski definition) is 2. The van der Waals surface area contributed by atoms with E-state index >= 15 is 0 Å². The van der Waals surface area contributed by atoms with E-state index in [2.05, 4.69) is 30.9 Å². The van der Waals surface area contributed by atoms with E-state index in [9.17, 15) is 0 Å². The molecule has 0 aliphatic carbocycles. The largest absolute Gasteiger partial charge is 0.395 e. The van der Waals surface area contributed by atoms with Gasteiger partial charge in [0, 0.05) is 25.2 Å². The summed E-state index contributed by atoms with van der Waals surface area (Å²) in [6, 6.07) is 10.8. The van der Waals surface area contributed by atoms with Crippen LogP contribution in [0.5, 0.6) is 0 Å². The molecular formula is C13H22N2O. The lowest BCUT2D eigenvalue weighted by Crippen LogP contribution is -2.40. The summed E-state index contributed by atoms with van der Waals surface area (Å²) in [4.78, 5) is 2.23. The molecule has 16 heavy (non-hydrogen) atoms. The molecule has 0 saturated carbocycles. The van der Waals surface area contributed by atoms with Crippen molar-refractivity contribution in [2.45, 2.75) is 25.9 Å². The lowest BCUT2D eigenvalue weighted by Gasteiger charge is -2.34. The van der Waals surface area contributed by atoms with Crippen molar-refractivity contribution < 1.29 is 5.11 Å². The summed E-state index contributed by atoms with van der Waals surface area (Å²) in [5.41, 5.74) is 7.07. The molecule has 0 amide bonds. The number of aliphatic hydroxyl groups is 1. The highest BCUT2D eigenvalue weighted by Crippen LogP contribution is 2.21. The molecule has 0 aliphatic rings. The molecule has 90 valence electrons. The number of benzene rings is 1. The fourth-order valence-corrected chi connectivity index (χ4v) is 2.03. The van der Waals surface area contributed by atoms with Gasteiger partial charge < -0.3 is 10.8 Å². The molecule has 1 aromatic carbocycles. The lowest BCUT2D eigenvalue weighted by molar-refractivity contribution is 0.121. The zero-order valence-corrected chi connectivity index (χ0v) is 10.1. The third-order valence-electron chi connectivity index (χ3n) is 2.83. The van der Waals surface area contributed by atoms with Gasteiger partial charge in [-0.3, -0.25) is 4.90 Å². The second kappa shape index (κ2) is 6.63. The van der Waals surface area contributed by atoms with E-state index in [0.29, 0.717) is 19.1 Å². The summed E-state index contributed by atoms with van der Waals surface area (Å²) in [6.45, 7) is 5.65. The minimum absolute atomic E-state index is 0.168. The van der Waals surface area contributed by atoms with Gasteiger partial charge in [0.2, 0.25) is 0 Å². The van der Waals surface area contributed by atoms with Gasteiger partial charge in [0.15, 0.2) is 0 Å². The summed E-state index contributed by atoms with van der Waals surface area (Å²) in [5, 5.41) is 9.09. The number of nitrogens with two attached hydrogens (primary N) is 1. The number of rotatable bonds is 6. The van der Waals surface area contributed by atoms with Crippen LogP contribution in [0.4, 0.5) is 0 Å². The predicted molar refractivity (Wildman–Crippen MR) is 67.2 cm³/mol. The first-order valence-corrected chi connectivity index (χ1v) is 5.82. The van der Waals surface area contributed by atoms with Crippen molar-refractivity contribution in [2.75, 3.05) is 19.7 Å². The Morgan fingerprint density at radius 1 is 1.25 bits per heavy atom. The first-order valence-electron chi connectivity index (χ1n) is 5.82. The average Bonchev–Trinajstić information content (AvgIpc) is 2.30. The van der Waals surface area contributed by atoms with Gasteiger partial charge in [-0.25, -0.2) is 0 Å². The van der Waals surface area contributed by atoms with Crippen molar-refractivity contribution >= 4 is 0 Å². The van der Waals surface area contributed by atoms with E-state index in [1.807, 2.05) is 18.2 Å². The Morgan fingerprint density at radius 2 is 1.88 bits per heavy atom. The van der Waals surface area contributed by atoms with Crippen molar-refractivity contribution in [3.63, 3.8) is 0 Å². The molecule has 0 heterocycles. The van der Waals surface area contributed by atoms with E-state index in [4.69, 9.17) is 10.8 Å². The Kier molecular flexibility index (Phi) is 5.46. The number of aliphatic hydroxyl groups excluding tert-OH is 1. The van der Waals surface area contributed by atoms with Gasteiger partial charge in [-0.15, -0.1) is 0 Å². The Balaban J connectivity index is 2.86. The monoisotopic (exact) mass is 222 g/mol. The minimum atomic E-state index is 0.168. The molecule has 0 bridgehead atoms. The molecule has 1 rings (SSSR count). The third-order valence-corrected chi connectivity index (χ3v) is 2.83. The molecule has 0 aliphatic heterocycles. The highest BCUT2D eigenvalue weighted by atomic mass is 16.3. The van der Waals surface area contributed by atoms with Crippen molar-refractivity contribution in [1.82, 2.24) is 4.90 Å². The lowest BCUT2D eigenvalue weighted by atomic mass is 10.0. The molecular weight excluding hydrogens is 200 g/mol. The average molecular weight is 222 g/mol. The Labute approximate surface area is 97.9 Å². The van der Waals surface area contributed by atoms with Gasteiger partial charge >= 0.3 is 0 Å². The molecule has 0 spiro atoms. The van der Waals surface area contributed by atoms with Crippen molar-refractivity contribution in [3.05, 3.63) is 35.9 Å². The Hall–Kier alpha value is -0.900. The molecule has 3 nitrogen and oxygen atoms in total. The smallest absolute Gasteiger partial charge is 0.0558 e. The van der Waals surface area contributed by atoms with E-state index in [1.165, 1.54) is 5.56 Å². The van der Waals surface area contributed by atoms with Crippen LogP contribution in [-0.2, 0) is 0 Å². The predicted octanol–water partition coefficient (Wildman–Crippen LogP) is 1.39. The normalized spacial score (nSPS) is 13.4. The fraction of sp³-hybridized carbons (Fsp3) is 0.538. The van der Waals surface area contributed by atoms with Gasteiger partial charge in [-0.1, -0.05) is 30.3 Å². The maximum Gasteiger partial charge on any atom is 0.0558 e. The van der Waals surface area contributed by atoms with Gasteiger partial charge in [0.1, 0.15) is 0 Å². The van der Waals surface area contributed by atoms with Crippen LogP contribution in [0.2, 0.25) is 0 Å². The van der Waals surface area contributed by atoms with Gasteiger partial charge in [0.05, 0.1) is 6.61 Å². The van der Waals surface area contributed by atoms with Crippen LogP contribution in [0.1, 0.15) is 25.5 Å². The van der Waals surface area contributed by atoms with Crippen LogP contribution in [0.15, 0.2) is 30.3 Å². The molecule has 0 saturated heterocycles. The Morgan fingerprint density at radius 3 is 2.31 bits per heavy atom. The van der Waals surface area contributed by atoms with Crippen molar-refractivity contribution in [1.29, 1.82) is 0 Å². The molecule has 0 radical (unpaired) electrons. The van der Waals surface area contributed by atoms with E-state index < -0.39 is 0 Å². The number of nitrogens with zero attached hydrogens (tertiary/aromatic N) is 1. The van der Waals surface area contributed by atoms with Gasteiger partial charge in [-0.2, -0.15) is 0 Å². The molecule has 1 atom stereocenters. The molecule has 3 N–H and O–H groups in total. The quantitative estimate of drug-likeness (QED) is 0.764. The highest BCUT2D eigenvalue weighted by molar-refractivity contribution is 5.19. The summed E-state index contributed by atoms with van der Waals surface area (Å²) in [5.74, 6) is 0. The zero-order chi connectivity index (χ0) is 12.0. The molecule has 1 unspecified atom stereocenters. The zero-order valence-electron chi connectivity index (χ0n) is 10.1. The fourth-order valence-electron chi connectivity index (χ4n) is 2.03. The maximum atomic E-state index is 9.09. The first kappa shape index (κ1) is 13.2. The first-order chi connectivity index (χ1) is 7.70. The molecule has 0 aromatic heterocycles. The van der Waals surface area contributed by atoms with E-state index in [-0.39, 0.29) is 12.6 Å². The summed E-state index contributed by atoms with van der Waals surface area (Å²) in [6.07, 6.45) is 0. The van der Waals surface area contributed by atoms with E-state index in [0.717, 1.165) is 0 Å². The molecule has 3 heteroatoms. The van der Waals surface area contributed by atoms with Crippen LogP contribution in [0.3, 0.4) is 0 Å². The van der Waals surface area contributed by atoms with Crippen molar-refractivity contribution in [2.24, 2.45) is 5.73 Å². The van der Waals surface area contributed by atoms with Crippen LogP contribution in [-0.4, -0.2) is 35.7 Å². The van der Waals surface area contributed by atoms with E-state index in [1.54, 1.807) is 0 Å². The molecule has 1 aromatic rings. The van der Waals surface area contributed by atoms with Crippen LogP contribution in [0.25, 0.3) is 0 Å². The van der Waals surface area contributed by atoms with Crippen LogP contribution >= 0.6 is 0 Å².